The lowest BCUT2D eigenvalue weighted by Gasteiger charge is -2.15. The monoisotopic (exact) mass is 480 g/mol. The highest BCUT2D eigenvalue weighted by Crippen LogP contribution is 2.33. The minimum Gasteiger partial charge on any atom is -0.490 e. The van der Waals surface area contributed by atoms with E-state index in [-0.39, 0.29) is 12.4 Å². The number of halogens is 1. The van der Waals surface area contributed by atoms with Crippen molar-refractivity contribution in [3.63, 3.8) is 0 Å². The number of furan rings is 1. The zero-order valence-corrected chi connectivity index (χ0v) is 18.6. The van der Waals surface area contributed by atoms with Gasteiger partial charge < -0.3 is 13.9 Å². The molecular weight excluding hydrogens is 460 g/mol. The fourth-order valence-corrected chi connectivity index (χ4v) is 3.33. The van der Waals surface area contributed by atoms with E-state index < -0.39 is 5.91 Å². The molecule has 0 saturated heterocycles. The molecule has 0 unspecified atom stereocenters. The highest BCUT2D eigenvalue weighted by Gasteiger charge is 2.14. The molecule has 6 nitrogen and oxygen atoms in total. The average Bonchev–Trinajstić information content (AvgIpc) is 3.17. The van der Waals surface area contributed by atoms with Gasteiger partial charge in [0, 0.05) is 15.4 Å². The number of amides is 1. The van der Waals surface area contributed by atoms with Crippen molar-refractivity contribution >= 4 is 39.0 Å². The first-order valence-electron chi connectivity index (χ1n) is 9.55. The molecule has 1 N–H and O–H groups in total. The Morgan fingerprint density at radius 3 is 2.90 bits per heavy atom. The van der Waals surface area contributed by atoms with Crippen molar-refractivity contribution in [1.82, 2.24) is 5.43 Å². The number of nitrogens with one attached hydrogen (secondary N) is 1. The molecule has 2 aromatic carbocycles. The number of terminal acetylenes is 1. The molecule has 158 valence electrons. The third kappa shape index (κ3) is 5.56. The summed E-state index contributed by atoms with van der Waals surface area (Å²) in [5.41, 5.74) is 4.68. The van der Waals surface area contributed by atoms with Gasteiger partial charge in [-0.25, -0.2) is 5.43 Å². The second-order valence-corrected chi connectivity index (χ2v) is 7.33. The molecular formula is C24H21BrN2O4. The van der Waals surface area contributed by atoms with Crippen molar-refractivity contribution < 1.29 is 18.7 Å². The van der Waals surface area contributed by atoms with Gasteiger partial charge in [-0.2, -0.15) is 5.10 Å². The predicted octanol–water partition coefficient (Wildman–Crippen LogP) is 5.10. The number of allylic oxidation sites excluding steroid dienone is 1. The maximum absolute atomic E-state index is 12.4. The van der Waals surface area contributed by atoms with Crippen LogP contribution in [0.25, 0.3) is 11.0 Å². The minimum atomic E-state index is -0.450. The zero-order valence-electron chi connectivity index (χ0n) is 17.0. The topological polar surface area (TPSA) is 73.1 Å². The fourth-order valence-electron chi connectivity index (χ4n) is 2.95. The van der Waals surface area contributed by atoms with Crippen molar-refractivity contribution in [1.29, 1.82) is 0 Å². The van der Waals surface area contributed by atoms with Crippen LogP contribution in [0.2, 0.25) is 0 Å². The number of hydrogen-bond acceptors (Lipinski definition) is 5. The van der Waals surface area contributed by atoms with Gasteiger partial charge in [-0.1, -0.05) is 27.9 Å². The van der Waals surface area contributed by atoms with Gasteiger partial charge >= 0.3 is 5.91 Å². The Hall–Kier alpha value is -3.50. The van der Waals surface area contributed by atoms with Crippen molar-refractivity contribution in [2.45, 2.75) is 13.3 Å². The van der Waals surface area contributed by atoms with Crippen LogP contribution in [0.4, 0.5) is 0 Å². The summed E-state index contributed by atoms with van der Waals surface area (Å²) in [7, 11) is 0. The first-order chi connectivity index (χ1) is 15.0. The van der Waals surface area contributed by atoms with Gasteiger partial charge in [-0.15, -0.1) is 13.0 Å². The molecule has 31 heavy (non-hydrogen) atoms. The summed E-state index contributed by atoms with van der Waals surface area (Å²) in [4.78, 5) is 12.4. The van der Waals surface area contributed by atoms with E-state index >= 15 is 0 Å². The minimum absolute atomic E-state index is 0.127. The van der Waals surface area contributed by atoms with Crippen LogP contribution in [-0.4, -0.2) is 25.3 Å². The summed E-state index contributed by atoms with van der Waals surface area (Å²) >= 11 is 3.40. The molecule has 0 fully saturated rings. The van der Waals surface area contributed by atoms with Gasteiger partial charge in [-0.05, 0) is 55.3 Å². The summed E-state index contributed by atoms with van der Waals surface area (Å²) in [5, 5.41) is 4.87. The van der Waals surface area contributed by atoms with Crippen molar-refractivity contribution in [3.8, 4) is 23.8 Å². The maximum Gasteiger partial charge on any atom is 0.307 e. The normalized spacial score (nSPS) is 10.7. The summed E-state index contributed by atoms with van der Waals surface area (Å²) < 4.78 is 17.9. The Morgan fingerprint density at radius 1 is 1.32 bits per heavy atom. The zero-order chi connectivity index (χ0) is 22.2. The first-order valence-corrected chi connectivity index (χ1v) is 10.3. The molecule has 0 radical (unpaired) electrons. The van der Waals surface area contributed by atoms with Crippen LogP contribution in [0, 0.1) is 12.3 Å². The molecule has 0 atom stereocenters. The van der Waals surface area contributed by atoms with Crippen LogP contribution in [0.15, 0.2) is 63.0 Å². The lowest BCUT2D eigenvalue weighted by Crippen LogP contribution is -2.16. The van der Waals surface area contributed by atoms with Crippen LogP contribution < -0.4 is 14.9 Å². The predicted molar refractivity (Wildman–Crippen MR) is 125 cm³/mol. The Kier molecular flexibility index (Phi) is 7.52. The molecule has 7 heteroatoms. The second-order valence-electron chi connectivity index (χ2n) is 6.42. The van der Waals surface area contributed by atoms with Crippen molar-refractivity contribution in [2.24, 2.45) is 5.10 Å². The first kappa shape index (κ1) is 22.2. The molecule has 1 aromatic heterocycles. The summed E-state index contributed by atoms with van der Waals surface area (Å²) in [5.74, 6) is 3.30. The number of rotatable bonds is 9. The SMILES string of the molecule is C#CCOc1c(CC=C)cc(/C=N/NC(=O)c2cc3cc(Br)ccc3o2)cc1OCC. The number of benzene rings is 2. The van der Waals surface area contributed by atoms with E-state index in [1.54, 1.807) is 24.3 Å². The van der Waals surface area contributed by atoms with Gasteiger partial charge in [0.2, 0.25) is 0 Å². The molecule has 0 saturated carbocycles. The molecule has 0 aliphatic heterocycles. The Bertz CT molecular complexity index is 1170. The number of nitrogens with zero attached hydrogens (tertiary/aromatic N) is 1. The quantitative estimate of drug-likeness (QED) is 0.200. The Labute approximate surface area is 189 Å². The van der Waals surface area contributed by atoms with Gasteiger partial charge in [-0.3, -0.25) is 4.79 Å². The number of fused-ring (bicyclic) bond motifs is 1. The number of hydrogen-bond donors (Lipinski definition) is 1. The highest BCUT2D eigenvalue weighted by atomic mass is 79.9. The number of carbonyl (C=O) groups is 1. The molecule has 1 amide bonds. The number of hydrazone groups is 1. The summed E-state index contributed by atoms with van der Waals surface area (Å²) in [6.07, 6.45) is 9.16. The average molecular weight is 481 g/mol. The van der Waals surface area contributed by atoms with Crippen molar-refractivity contribution in [3.05, 3.63) is 70.4 Å². The Balaban J connectivity index is 1.80. The van der Waals surface area contributed by atoms with Crippen LogP contribution in [0.5, 0.6) is 11.5 Å². The molecule has 0 spiro atoms. The van der Waals surface area contributed by atoms with E-state index in [1.807, 2.05) is 25.1 Å². The smallest absolute Gasteiger partial charge is 0.307 e. The van der Waals surface area contributed by atoms with Crippen LogP contribution in [0.3, 0.4) is 0 Å². The fraction of sp³-hybridized carbons (Fsp3) is 0.167. The third-order valence-electron chi connectivity index (χ3n) is 4.20. The van der Waals surface area contributed by atoms with Gasteiger partial charge in [0.15, 0.2) is 17.3 Å². The molecule has 3 aromatic rings. The number of ether oxygens (including phenoxy) is 2. The molecule has 3 rings (SSSR count). The van der Waals surface area contributed by atoms with Gasteiger partial charge in [0.25, 0.3) is 0 Å². The maximum atomic E-state index is 12.4. The lowest BCUT2D eigenvalue weighted by molar-refractivity contribution is 0.0929. The van der Waals surface area contributed by atoms with E-state index in [4.69, 9.17) is 20.3 Å². The van der Waals surface area contributed by atoms with Crippen LogP contribution >= 0.6 is 15.9 Å². The molecule has 1 heterocycles. The van der Waals surface area contributed by atoms with E-state index in [2.05, 4.69) is 39.0 Å². The second kappa shape index (κ2) is 10.5. The highest BCUT2D eigenvalue weighted by molar-refractivity contribution is 9.10. The lowest BCUT2D eigenvalue weighted by atomic mass is 10.1. The Morgan fingerprint density at radius 2 is 2.16 bits per heavy atom. The van der Waals surface area contributed by atoms with Gasteiger partial charge in [0.05, 0.1) is 12.8 Å². The standard InChI is InChI=1S/C24H21BrN2O4/c1-4-7-17-11-16(12-21(29-6-3)23(17)30-10-5-2)15-26-27-24(28)22-14-18-13-19(25)8-9-20(18)31-22/h2,4,8-9,11-15H,1,6-7,10H2,3H3,(H,27,28)/b26-15+. The van der Waals surface area contributed by atoms with Crippen molar-refractivity contribution in [2.75, 3.05) is 13.2 Å². The summed E-state index contributed by atoms with van der Waals surface area (Å²) in [6, 6.07) is 10.8. The van der Waals surface area contributed by atoms with E-state index in [0.29, 0.717) is 30.1 Å². The molecule has 0 aliphatic carbocycles. The van der Waals surface area contributed by atoms with Gasteiger partial charge in [0.1, 0.15) is 12.2 Å². The van der Waals surface area contributed by atoms with E-state index in [0.717, 1.165) is 21.0 Å². The third-order valence-corrected chi connectivity index (χ3v) is 4.69. The molecule has 0 bridgehead atoms. The van der Waals surface area contributed by atoms with Crippen LogP contribution in [-0.2, 0) is 6.42 Å². The van der Waals surface area contributed by atoms with Crippen LogP contribution in [0.1, 0.15) is 28.6 Å². The van der Waals surface area contributed by atoms with E-state index in [9.17, 15) is 4.79 Å². The summed E-state index contributed by atoms with van der Waals surface area (Å²) in [6.45, 7) is 6.25. The van der Waals surface area contributed by atoms with E-state index in [1.165, 1.54) is 6.21 Å². The molecule has 0 aliphatic rings. The largest absolute Gasteiger partial charge is 0.490 e. The number of carbonyl (C=O) groups excluding carboxylic acids is 1.